The highest BCUT2D eigenvalue weighted by Gasteiger charge is 2.32. The van der Waals surface area contributed by atoms with Crippen LogP contribution in [-0.4, -0.2) is 55.9 Å². The largest absolute Gasteiger partial charge is 0.451 e. The molecule has 1 aromatic carbocycles. The molecule has 9 heteroatoms. The molecule has 0 aliphatic carbocycles. The number of hydrogen-bond acceptors (Lipinski definition) is 6. The number of rotatable bonds is 8. The monoisotopic (exact) mass is 424 g/mol. The number of ether oxygens (including phenoxy) is 1. The van der Waals surface area contributed by atoms with Gasteiger partial charge in [-0.3, -0.25) is 9.59 Å². The van der Waals surface area contributed by atoms with E-state index in [1.165, 1.54) is 6.92 Å². The third-order valence-electron chi connectivity index (χ3n) is 4.69. The molecule has 1 aliphatic heterocycles. The minimum Gasteiger partial charge on any atom is -0.451 e. The van der Waals surface area contributed by atoms with Gasteiger partial charge in [0.1, 0.15) is 6.04 Å². The number of carbonyl (C=O) groups is 3. The molecule has 8 nitrogen and oxygen atoms in total. The van der Waals surface area contributed by atoms with E-state index in [0.717, 1.165) is 5.56 Å². The van der Waals surface area contributed by atoms with Crippen LogP contribution >= 0.6 is 0 Å². The smallest absolute Gasteiger partial charge is 0.329 e. The second kappa shape index (κ2) is 9.87. The van der Waals surface area contributed by atoms with Gasteiger partial charge >= 0.3 is 5.97 Å². The van der Waals surface area contributed by atoms with Crippen LogP contribution in [-0.2, 0) is 35.4 Å². The molecule has 1 fully saturated rings. The van der Waals surface area contributed by atoms with Crippen LogP contribution in [0.1, 0.15) is 32.8 Å². The molecule has 0 saturated carbocycles. The highest BCUT2D eigenvalue weighted by atomic mass is 32.2. The maximum Gasteiger partial charge on any atom is 0.329 e. The zero-order valence-corrected chi connectivity index (χ0v) is 17.7. The third kappa shape index (κ3) is 7.16. The van der Waals surface area contributed by atoms with E-state index < -0.39 is 39.9 Å². The maximum atomic E-state index is 12.5. The van der Waals surface area contributed by atoms with Gasteiger partial charge in [-0.25, -0.2) is 13.2 Å². The SMILES string of the molecule is CC(C)[C@H](NC(=O)Cc1ccccc1)C(=O)O[C@H](C)C(=O)N[C@H]1CCS(=O)(=O)C1. The summed E-state index contributed by atoms with van der Waals surface area (Å²) in [5, 5.41) is 5.27. The van der Waals surface area contributed by atoms with Gasteiger partial charge in [0.15, 0.2) is 15.9 Å². The van der Waals surface area contributed by atoms with Crippen molar-refractivity contribution in [2.45, 2.75) is 51.8 Å². The molecule has 29 heavy (non-hydrogen) atoms. The summed E-state index contributed by atoms with van der Waals surface area (Å²) in [5.41, 5.74) is 0.820. The lowest BCUT2D eigenvalue weighted by atomic mass is 10.0. The Bertz CT molecular complexity index is 838. The lowest BCUT2D eigenvalue weighted by Crippen LogP contribution is -2.49. The second-order valence-electron chi connectivity index (χ2n) is 7.64. The van der Waals surface area contributed by atoms with E-state index in [-0.39, 0.29) is 29.8 Å². The maximum absolute atomic E-state index is 12.5. The van der Waals surface area contributed by atoms with E-state index in [1.807, 2.05) is 30.3 Å². The average Bonchev–Trinajstić information content (AvgIpc) is 2.98. The average molecular weight is 425 g/mol. The molecule has 0 radical (unpaired) electrons. The number of nitrogens with one attached hydrogen (secondary N) is 2. The van der Waals surface area contributed by atoms with Gasteiger partial charge in [-0.05, 0) is 24.8 Å². The molecule has 0 aromatic heterocycles. The van der Waals surface area contributed by atoms with Gasteiger partial charge in [0.05, 0.1) is 17.9 Å². The zero-order chi connectivity index (χ0) is 21.6. The zero-order valence-electron chi connectivity index (χ0n) is 16.9. The number of benzene rings is 1. The van der Waals surface area contributed by atoms with Gasteiger partial charge < -0.3 is 15.4 Å². The Morgan fingerprint density at radius 2 is 1.79 bits per heavy atom. The summed E-state index contributed by atoms with van der Waals surface area (Å²) >= 11 is 0. The van der Waals surface area contributed by atoms with Crippen molar-refractivity contribution >= 4 is 27.6 Å². The minimum absolute atomic E-state index is 0.0367. The van der Waals surface area contributed by atoms with Gasteiger partial charge in [0.2, 0.25) is 5.91 Å². The van der Waals surface area contributed by atoms with E-state index >= 15 is 0 Å². The summed E-state index contributed by atoms with van der Waals surface area (Å²) in [4.78, 5) is 37.0. The van der Waals surface area contributed by atoms with E-state index in [4.69, 9.17) is 4.74 Å². The quantitative estimate of drug-likeness (QED) is 0.590. The van der Waals surface area contributed by atoms with Gasteiger partial charge in [-0.1, -0.05) is 44.2 Å². The molecular weight excluding hydrogens is 396 g/mol. The number of amides is 2. The molecule has 1 saturated heterocycles. The Balaban J connectivity index is 1.89. The molecular formula is C20H28N2O6S. The number of carbonyl (C=O) groups excluding carboxylic acids is 3. The van der Waals surface area contributed by atoms with Crippen molar-refractivity contribution < 1.29 is 27.5 Å². The number of esters is 1. The topological polar surface area (TPSA) is 119 Å². The molecule has 160 valence electrons. The van der Waals surface area contributed by atoms with Gasteiger partial charge in [-0.15, -0.1) is 0 Å². The Morgan fingerprint density at radius 1 is 1.14 bits per heavy atom. The van der Waals surface area contributed by atoms with Gasteiger partial charge in [0.25, 0.3) is 5.91 Å². The fraction of sp³-hybridized carbons (Fsp3) is 0.550. The van der Waals surface area contributed by atoms with Crippen molar-refractivity contribution in [1.82, 2.24) is 10.6 Å². The lowest BCUT2D eigenvalue weighted by molar-refractivity contribution is -0.158. The van der Waals surface area contributed by atoms with E-state index in [1.54, 1.807) is 13.8 Å². The van der Waals surface area contributed by atoms with Gasteiger partial charge in [0, 0.05) is 6.04 Å². The standard InChI is InChI=1S/C20H28N2O6S/c1-13(2)18(22-17(23)11-15-7-5-4-6-8-15)20(25)28-14(3)19(24)21-16-9-10-29(26,27)12-16/h4-8,13-14,16,18H,9-12H2,1-3H3,(H,21,24)(H,22,23)/t14-,16+,18+/m1/s1. The summed E-state index contributed by atoms with van der Waals surface area (Å²) in [5.74, 6) is -1.89. The molecule has 0 spiro atoms. The number of hydrogen-bond donors (Lipinski definition) is 2. The number of sulfone groups is 1. The Hall–Kier alpha value is -2.42. The molecule has 2 N–H and O–H groups in total. The first-order valence-corrected chi connectivity index (χ1v) is 11.4. The van der Waals surface area contributed by atoms with Crippen LogP contribution in [0.5, 0.6) is 0 Å². The summed E-state index contributed by atoms with van der Waals surface area (Å²) in [6.07, 6.45) is -0.624. The third-order valence-corrected chi connectivity index (χ3v) is 6.45. The van der Waals surface area contributed by atoms with Crippen molar-refractivity contribution in [1.29, 1.82) is 0 Å². The summed E-state index contributed by atoms with van der Waals surface area (Å²) in [6.45, 7) is 4.95. The first kappa shape index (κ1) is 22.9. The van der Waals surface area contributed by atoms with Crippen LogP contribution in [0.2, 0.25) is 0 Å². The van der Waals surface area contributed by atoms with E-state index in [9.17, 15) is 22.8 Å². The summed E-state index contributed by atoms with van der Waals surface area (Å²) < 4.78 is 28.2. The first-order chi connectivity index (χ1) is 13.6. The summed E-state index contributed by atoms with van der Waals surface area (Å²) in [6, 6.07) is 7.77. The summed E-state index contributed by atoms with van der Waals surface area (Å²) in [7, 11) is -3.12. The molecule has 1 aliphatic rings. The molecule has 2 amide bonds. The molecule has 2 rings (SSSR count). The predicted molar refractivity (Wildman–Crippen MR) is 108 cm³/mol. The van der Waals surface area contributed by atoms with Crippen LogP contribution in [0.25, 0.3) is 0 Å². The molecule has 0 bridgehead atoms. The molecule has 1 heterocycles. The highest BCUT2D eigenvalue weighted by Crippen LogP contribution is 2.12. The second-order valence-corrected chi connectivity index (χ2v) is 9.87. The first-order valence-electron chi connectivity index (χ1n) is 9.62. The molecule has 1 aromatic rings. The van der Waals surface area contributed by atoms with Crippen molar-refractivity contribution in [3.05, 3.63) is 35.9 Å². The van der Waals surface area contributed by atoms with Crippen LogP contribution in [0.4, 0.5) is 0 Å². The fourth-order valence-electron chi connectivity index (χ4n) is 3.03. The van der Waals surface area contributed by atoms with Crippen LogP contribution < -0.4 is 10.6 Å². The highest BCUT2D eigenvalue weighted by molar-refractivity contribution is 7.91. The van der Waals surface area contributed by atoms with Gasteiger partial charge in [-0.2, -0.15) is 0 Å². The van der Waals surface area contributed by atoms with Crippen LogP contribution in [0.15, 0.2) is 30.3 Å². The molecule has 3 atom stereocenters. The Labute approximate surface area is 171 Å². The van der Waals surface area contributed by atoms with Crippen molar-refractivity contribution in [3.63, 3.8) is 0 Å². The normalized spacial score (nSPS) is 19.9. The fourth-order valence-corrected chi connectivity index (χ4v) is 4.71. The van der Waals surface area contributed by atoms with Crippen molar-refractivity contribution in [2.24, 2.45) is 5.92 Å². The van der Waals surface area contributed by atoms with E-state index in [2.05, 4.69) is 10.6 Å². The predicted octanol–water partition coefficient (Wildman–Crippen LogP) is 0.605. The Kier molecular flexibility index (Phi) is 7.78. The minimum atomic E-state index is -3.12. The lowest BCUT2D eigenvalue weighted by Gasteiger charge is -2.23. The van der Waals surface area contributed by atoms with E-state index in [0.29, 0.717) is 6.42 Å². The molecule has 0 unspecified atom stereocenters. The van der Waals surface area contributed by atoms with Crippen LogP contribution in [0.3, 0.4) is 0 Å². The van der Waals surface area contributed by atoms with Crippen molar-refractivity contribution in [2.75, 3.05) is 11.5 Å². The van der Waals surface area contributed by atoms with Crippen molar-refractivity contribution in [3.8, 4) is 0 Å². The Morgan fingerprint density at radius 3 is 2.34 bits per heavy atom. The van der Waals surface area contributed by atoms with Crippen LogP contribution in [0, 0.1) is 5.92 Å².